The first-order chi connectivity index (χ1) is 5.93. The molecule has 0 aliphatic heterocycles. The Bertz CT molecular complexity index is 146. The third kappa shape index (κ3) is 18.3. The predicted octanol–water partition coefficient (Wildman–Crippen LogP) is 4.17. The maximum absolute atomic E-state index is 5.01. The molecule has 78 valence electrons. The molecule has 0 fully saturated rings. The third-order valence-electron chi connectivity index (χ3n) is 1.02. The van der Waals surface area contributed by atoms with Gasteiger partial charge in [0.1, 0.15) is 0 Å². The van der Waals surface area contributed by atoms with Crippen LogP contribution in [0.25, 0.3) is 0 Å². The van der Waals surface area contributed by atoms with Gasteiger partial charge in [-0.2, -0.15) is 0 Å². The lowest BCUT2D eigenvalue weighted by atomic mass is 10.2. The minimum absolute atomic E-state index is 0.833. The van der Waals surface area contributed by atoms with Crippen molar-refractivity contribution in [3.05, 3.63) is 24.0 Å². The van der Waals surface area contributed by atoms with Crippen molar-refractivity contribution >= 4 is 0 Å². The molecule has 0 spiro atoms. The van der Waals surface area contributed by atoms with Crippen LogP contribution in [-0.2, 0) is 4.74 Å². The van der Waals surface area contributed by atoms with Gasteiger partial charge in [-0.05, 0) is 18.9 Å². The molecule has 0 bridgehead atoms. The van der Waals surface area contributed by atoms with Crippen molar-refractivity contribution in [3.8, 4) is 0 Å². The number of rotatable bonds is 3. The van der Waals surface area contributed by atoms with Crippen molar-refractivity contribution in [3.63, 3.8) is 0 Å². The normalized spacial score (nSPS) is 10.5. The first-order valence-corrected chi connectivity index (χ1v) is 4.84. The van der Waals surface area contributed by atoms with Gasteiger partial charge in [-0.3, -0.25) is 0 Å². The molecule has 1 nitrogen and oxygen atoms in total. The van der Waals surface area contributed by atoms with E-state index in [-0.39, 0.29) is 0 Å². The molecule has 0 amide bonds. The van der Waals surface area contributed by atoms with Gasteiger partial charge in [0.25, 0.3) is 0 Å². The summed E-state index contributed by atoms with van der Waals surface area (Å²) >= 11 is 0. The number of allylic oxidation sites excluding steroid dienone is 3. The van der Waals surface area contributed by atoms with E-state index in [0.29, 0.717) is 0 Å². The lowest BCUT2D eigenvalue weighted by Crippen LogP contribution is -1.83. The fourth-order valence-electron chi connectivity index (χ4n) is 0.580. The summed E-state index contributed by atoms with van der Waals surface area (Å²) in [6, 6.07) is 0. The van der Waals surface area contributed by atoms with Gasteiger partial charge < -0.3 is 4.74 Å². The Kier molecular flexibility index (Phi) is 10.7. The van der Waals surface area contributed by atoms with Gasteiger partial charge in [0, 0.05) is 6.42 Å². The molecule has 0 unspecified atom stereocenters. The van der Waals surface area contributed by atoms with E-state index in [2.05, 4.69) is 34.3 Å². The highest BCUT2D eigenvalue weighted by Gasteiger charge is 1.88. The van der Waals surface area contributed by atoms with Crippen LogP contribution in [0.4, 0.5) is 0 Å². The molecule has 0 atom stereocenters. The highest BCUT2D eigenvalue weighted by Crippen LogP contribution is 2.03. The highest BCUT2D eigenvalue weighted by atomic mass is 16.5. The second-order valence-corrected chi connectivity index (χ2v) is 3.75. The molecule has 1 heteroatoms. The van der Waals surface area contributed by atoms with E-state index in [0.717, 1.165) is 23.7 Å². The molecule has 0 saturated carbocycles. The van der Waals surface area contributed by atoms with Gasteiger partial charge in [-0.25, -0.2) is 0 Å². The van der Waals surface area contributed by atoms with Crippen molar-refractivity contribution in [2.24, 2.45) is 5.92 Å². The standard InChI is InChI=1S/C8H14O.C4H10/c1-5-8(9-4)6-7(2)3;1-4(2)3/h6H,2,5H2,1,3-4H3;4H,1-3H3/b8-6-;. The van der Waals surface area contributed by atoms with Crippen LogP contribution in [0.2, 0.25) is 0 Å². The van der Waals surface area contributed by atoms with E-state index in [1.54, 1.807) is 7.11 Å². The average Bonchev–Trinajstić information content (AvgIpc) is 1.98. The SMILES string of the molecule is C=C(C)/C=C(/CC)OC.CC(C)C. The van der Waals surface area contributed by atoms with Crippen LogP contribution in [0.1, 0.15) is 41.0 Å². The van der Waals surface area contributed by atoms with E-state index in [9.17, 15) is 0 Å². The maximum atomic E-state index is 5.01. The third-order valence-corrected chi connectivity index (χ3v) is 1.02. The monoisotopic (exact) mass is 184 g/mol. The van der Waals surface area contributed by atoms with Crippen molar-refractivity contribution in [1.29, 1.82) is 0 Å². The Morgan fingerprint density at radius 1 is 1.38 bits per heavy atom. The summed E-state index contributed by atoms with van der Waals surface area (Å²) < 4.78 is 5.01. The first kappa shape index (κ1) is 14.8. The van der Waals surface area contributed by atoms with Crippen LogP contribution < -0.4 is 0 Å². The van der Waals surface area contributed by atoms with Crippen LogP contribution >= 0.6 is 0 Å². The van der Waals surface area contributed by atoms with Crippen LogP contribution in [-0.4, -0.2) is 7.11 Å². The summed E-state index contributed by atoms with van der Waals surface area (Å²) in [6.45, 7) is 14.2. The van der Waals surface area contributed by atoms with Crippen molar-refractivity contribution in [2.75, 3.05) is 7.11 Å². The molecular formula is C12H24O. The minimum Gasteiger partial charge on any atom is -0.501 e. The van der Waals surface area contributed by atoms with E-state index < -0.39 is 0 Å². The molecular weight excluding hydrogens is 160 g/mol. The molecule has 13 heavy (non-hydrogen) atoms. The van der Waals surface area contributed by atoms with Gasteiger partial charge in [0.2, 0.25) is 0 Å². The zero-order chi connectivity index (χ0) is 10.9. The summed E-state index contributed by atoms with van der Waals surface area (Å²) in [7, 11) is 1.68. The number of hydrogen-bond acceptors (Lipinski definition) is 1. The van der Waals surface area contributed by atoms with Crippen LogP contribution in [0, 0.1) is 5.92 Å². The highest BCUT2D eigenvalue weighted by molar-refractivity contribution is 5.14. The number of ether oxygens (including phenoxy) is 1. The van der Waals surface area contributed by atoms with Gasteiger partial charge in [0.15, 0.2) is 0 Å². The molecule has 0 aromatic rings. The van der Waals surface area contributed by atoms with E-state index in [1.807, 2.05) is 13.0 Å². The zero-order valence-electron chi connectivity index (χ0n) is 9.98. The van der Waals surface area contributed by atoms with Gasteiger partial charge in [-0.1, -0.05) is 39.8 Å². The predicted molar refractivity (Wildman–Crippen MR) is 60.7 cm³/mol. The molecule has 0 N–H and O–H groups in total. The summed E-state index contributed by atoms with van der Waals surface area (Å²) in [5.74, 6) is 1.82. The smallest absolute Gasteiger partial charge is 0.0955 e. The average molecular weight is 184 g/mol. The summed E-state index contributed by atoms with van der Waals surface area (Å²) in [4.78, 5) is 0. The van der Waals surface area contributed by atoms with Crippen molar-refractivity contribution < 1.29 is 4.74 Å². The largest absolute Gasteiger partial charge is 0.501 e. The summed E-state index contributed by atoms with van der Waals surface area (Å²) in [6.07, 6.45) is 2.88. The van der Waals surface area contributed by atoms with Gasteiger partial charge in [0.05, 0.1) is 12.9 Å². The molecule has 0 aromatic heterocycles. The fraction of sp³-hybridized carbons (Fsp3) is 0.667. The lowest BCUT2D eigenvalue weighted by Gasteiger charge is -2.00. The van der Waals surface area contributed by atoms with Gasteiger partial charge >= 0.3 is 0 Å². The van der Waals surface area contributed by atoms with Crippen LogP contribution in [0.15, 0.2) is 24.0 Å². The minimum atomic E-state index is 0.833. The van der Waals surface area contributed by atoms with Gasteiger partial charge in [-0.15, -0.1) is 0 Å². The molecule has 0 rings (SSSR count). The van der Waals surface area contributed by atoms with E-state index in [1.165, 1.54) is 0 Å². The molecule has 0 aromatic carbocycles. The Morgan fingerprint density at radius 3 is 1.85 bits per heavy atom. The quantitative estimate of drug-likeness (QED) is 0.472. The number of hydrogen-bond donors (Lipinski definition) is 0. The molecule has 0 aliphatic rings. The lowest BCUT2D eigenvalue weighted by molar-refractivity contribution is 0.280. The molecule has 0 aliphatic carbocycles. The van der Waals surface area contributed by atoms with E-state index in [4.69, 9.17) is 4.74 Å². The molecule has 0 saturated heterocycles. The first-order valence-electron chi connectivity index (χ1n) is 4.84. The zero-order valence-corrected chi connectivity index (χ0v) is 9.98. The maximum Gasteiger partial charge on any atom is 0.0955 e. The topological polar surface area (TPSA) is 9.23 Å². The second kappa shape index (κ2) is 9.37. The Morgan fingerprint density at radius 2 is 1.77 bits per heavy atom. The fourth-order valence-corrected chi connectivity index (χ4v) is 0.580. The molecule has 0 heterocycles. The Labute approximate surface area is 83.5 Å². The summed E-state index contributed by atoms with van der Waals surface area (Å²) in [5, 5.41) is 0. The van der Waals surface area contributed by atoms with Crippen molar-refractivity contribution in [1.82, 2.24) is 0 Å². The second-order valence-electron chi connectivity index (χ2n) is 3.75. The Balaban J connectivity index is 0. The van der Waals surface area contributed by atoms with Crippen LogP contribution in [0.5, 0.6) is 0 Å². The number of methoxy groups -OCH3 is 1. The van der Waals surface area contributed by atoms with E-state index >= 15 is 0 Å². The van der Waals surface area contributed by atoms with Crippen molar-refractivity contribution in [2.45, 2.75) is 41.0 Å². The van der Waals surface area contributed by atoms with Crippen LogP contribution in [0.3, 0.4) is 0 Å². The summed E-state index contributed by atoms with van der Waals surface area (Å²) in [5.41, 5.74) is 1.04. The molecule has 0 radical (unpaired) electrons. The Hall–Kier alpha value is -0.720.